The van der Waals surface area contributed by atoms with E-state index in [0.29, 0.717) is 29.0 Å². The molecule has 2 aromatic carbocycles. The van der Waals surface area contributed by atoms with Crippen molar-refractivity contribution in [1.29, 1.82) is 0 Å². The van der Waals surface area contributed by atoms with Crippen molar-refractivity contribution in [3.63, 3.8) is 0 Å². The lowest BCUT2D eigenvalue weighted by atomic mass is 10.1. The van der Waals surface area contributed by atoms with Crippen molar-refractivity contribution in [1.82, 2.24) is 19.9 Å². The highest BCUT2D eigenvalue weighted by atomic mass is 19.1. The van der Waals surface area contributed by atoms with E-state index in [2.05, 4.69) is 25.3 Å². The summed E-state index contributed by atoms with van der Waals surface area (Å²) in [6.07, 6.45) is 3.54. The van der Waals surface area contributed by atoms with Gasteiger partial charge in [-0.3, -0.25) is 4.79 Å². The molecule has 4 aromatic rings. The van der Waals surface area contributed by atoms with Crippen LogP contribution in [0, 0.1) is 5.82 Å². The van der Waals surface area contributed by atoms with Crippen LogP contribution in [-0.2, 0) is 11.2 Å². The molecule has 0 unspecified atom stereocenters. The Hall–Kier alpha value is -3.52. The quantitative estimate of drug-likeness (QED) is 0.436. The number of halogens is 1. The third-order valence-electron chi connectivity index (χ3n) is 4.18. The van der Waals surface area contributed by atoms with E-state index in [1.165, 1.54) is 12.1 Å². The second-order valence-corrected chi connectivity index (χ2v) is 6.20. The Bertz CT molecular complexity index is 1090. The van der Waals surface area contributed by atoms with Gasteiger partial charge in [0.25, 0.3) is 0 Å². The summed E-state index contributed by atoms with van der Waals surface area (Å²) in [5, 5.41) is 2.80. The summed E-state index contributed by atoms with van der Waals surface area (Å²) in [7, 11) is 0. The Morgan fingerprint density at radius 3 is 2.93 bits per heavy atom. The van der Waals surface area contributed by atoms with Gasteiger partial charge in [0.15, 0.2) is 0 Å². The number of carbonyl (C=O) groups is 1. The van der Waals surface area contributed by atoms with E-state index < -0.39 is 6.04 Å². The first-order valence-corrected chi connectivity index (χ1v) is 8.38. The number of hydrogen-bond acceptors (Lipinski definition) is 4. The molecule has 0 aliphatic rings. The van der Waals surface area contributed by atoms with Crippen LogP contribution in [0.5, 0.6) is 0 Å². The number of H-pyrrole nitrogens is 2. The van der Waals surface area contributed by atoms with Gasteiger partial charge in [-0.25, -0.2) is 14.4 Å². The molecule has 27 heavy (non-hydrogen) atoms. The Labute approximate surface area is 153 Å². The first-order valence-electron chi connectivity index (χ1n) is 8.38. The fourth-order valence-electron chi connectivity index (χ4n) is 2.82. The third kappa shape index (κ3) is 3.70. The maximum Gasteiger partial charge on any atom is 0.241 e. The smallest absolute Gasteiger partial charge is 0.241 e. The SMILES string of the molecule is N[C@@H](Cc1cnc[nH]1)C(=O)Nc1ccc2nc(-c3cccc(F)c3)[nH]c2c1. The van der Waals surface area contributed by atoms with Crippen molar-refractivity contribution in [3.05, 3.63) is 66.5 Å². The van der Waals surface area contributed by atoms with E-state index in [1.807, 2.05) is 0 Å². The zero-order chi connectivity index (χ0) is 18.8. The number of rotatable bonds is 5. The molecule has 1 atom stereocenters. The average molecular weight is 364 g/mol. The zero-order valence-electron chi connectivity index (χ0n) is 14.2. The molecule has 0 aliphatic heterocycles. The number of hydrogen-bond donors (Lipinski definition) is 4. The number of benzene rings is 2. The lowest BCUT2D eigenvalue weighted by Gasteiger charge is -2.11. The predicted octanol–water partition coefficient (Wildman–Crippen LogP) is 2.60. The van der Waals surface area contributed by atoms with E-state index in [0.717, 1.165) is 11.2 Å². The van der Waals surface area contributed by atoms with E-state index >= 15 is 0 Å². The van der Waals surface area contributed by atoms with Crippen molar-refractivity contribution in [2.75, 3.05) is 5.32 Å². The van der Waals surface area contributed by atoms with Gasteiger partial charge in [0, 0.05) is 29.6 Å². The summed E-state index contributed by atoms with van der Waals surface area (Å²) < 4.78 is 13.4. The van der Waals surface area contributed by atoms with E-state index in [-0.39, 0.29) is 11.7 Å². The van der Waals surface area contributed by atoms with Gasteiger partial charge < -0.3 is 21.0 Å². The van der Waals surface area contributed by atoms with Crippen LogP contribution in [0.4, 0.5) is 10.1 Å². The highest BCUT2D eigenvalue weighted by molar-refractivity contribution is 5.96. The Kier molecular flexibility index (Phi) is 4.39. The first kappa shape index (κ1) is 16.9. The van der Waals surface area contributed by atoms with Crippen molar-refractivity contribution in [3.8, 4) is 11.4 Å². The fraction of sp³-hybridized carbons (Fsp3) is 0.105. The molecule has 0 bridgehead atoms. The van der Waals surface area contributed by atoms with Gasteiger partial charge in [-0.15, -0.1) is 0 Å². The topological polar surface area (TPSA) is 112 Å². The third-order valence-corrected chi connectivity index (χ3v) is 4.18. The van der Waals surface area contributed by atoms with Crippen LogP contribution in [0.2, 0.25) is 0 Å². The largest absolute Gasteiger partial charge is 0.348 e. The van der Waals surface area contributed by atoms with Crippen LogP contribution in [0.15, 0.2) is 55.0 Å². The molecule has 136 valence electrons. The number of carbonyl (C=O) groups excluding carboxylic acids is 1. The molecule has 2 aromatic heterocycles. The van der Waals surface area contributed by atoms with E-state index in [4.69, 9.17) is 5.73 Å². The summed E-state index contributed by atoms with van der Waals surface area (Å²) in [6.45, 7) is 0. The number of aromatic amines is 2. The van der Waals surface area contributed by atoms with Crippen molar-refractivity contribution >= 4 is 22.6 Å². The molecule has 4 rings (SSSR count). The van der Waals surface area contributed by atoms with Crippen LogP contribution in [0.3, 0.4) is 0 Å². The van der Waals surface area contributed by atoms with Gasteiger partial charge in [-0.1, -0.05) is 12.1 Å². The summed E-state index contributed by atoms with van der Waals surface area (Å²) in [5.74, 6) is -0.0649. The molecule has 1 amide bonds. The second kappa shape index (κ2) is 7.00. The average Bonchev–Trinajstić information content (AvgIpc) is 3.30. The standard InChI is InChI=1S/C19H17FN6O/c20-12-3-1-2-11(6-12)18-25-16-5-4-13(8-17(16)26-18)24-19(27)15(21)7-14-9-22-10-23-14/h1-6,8-10,15H,7,21H2,(H,22,23)(H,24,27)(H,25,26)/t15-/m0/s1. The number of nitrogens with two attached hydrogens (primary N) is 1. The molecule has 0 fully saturated rings. The van der Waals surface area contributed by atoms with Crippen molar-refractivity contribution < 1.29 is 9.18 Å². The number of nitrogens with zero attached hydrogens (tertiary/aromatic N) is 2. The molecule has 5 N–H and O–H groups in total. The Morgan fingerprint density at radius 2 is 2.15 bits per heavy atom. The van der Waals surface area contributed by atoms with Crippen molar-refractivity contribution in [2.24, 2.45) is 5.73 Å². The molecule has 0 saturated carbocycles. The summed E-state index contributed by atoms with van der Waals surface area (Å²) in [4.78, 5) is 26.7. The number of imidazole rings is 2. The van der Waals surface area contributed by atoms with Gasteiger partial charge in [-0.05, 0) is 30.3 Å². The number of amides is 1. The lowest BCUT2D eigenvalue weighted by molar-refractivity contribution is -0.117. The highest BCUT2D eigenvalue weighted by Gasteiger charge is 2.15. The van der Waals surface area contributed by atoms with E-state index in [1.54, 1.807) is 42.9 Å². The molecule has 8 heteroatoms. The number of nitrogens with one attached hydrogen (secondary N) is 3. The molecular weight excluding hydrogens is 347 g/mol. The van der Waals surface area contributed by atoms with Crippen LogP contribution in [-0.4, -0.2) is 31.9 Å². The Morgan fingerprint density at radius 1 is 1.26 bits per heavy atom. The predicted molar refractivity (Wildman–Crippen MR) is 100 cm³/mol. The van der Waals surface area contributed by atoms with Crippen LogP contribution in [0.1, 0.15) is 5.69 Å². The van der Waals surface area contributed by atoms with Crippen LogP contribution in [0.25, 0.3) is 22.4 Å². The van der Waals surface area contributed by atoms with Gasteiger partial charge in [0.1, 0.15) is 11.6 Å². The van der Waals surface area contributed by atoms with Gasteiger partial charge >= 0.3 is 0 Å². The van der Waals surface area contributed by atoms with Gasteiger partial charge in [-0.2, -0.15) is 0 Å². The molecule has 0 spiro atoms. The second-order valence-electron chi connectivity index (χ2n) is 6.20. The highest BCUT2D eigenvalue weighted by Crippen LogP contribution is 2.23. The van der Waals surface area contributed by atoms with Gasteiger partial charge in [0.05, 0.1) is 23.4 Å². The lowest BCUT2D eigenvalue weighted by Crippen LogP contribution is -2.37. The number of anilines is 1. The minimum absolute atomic E-state index is 0.297. The van der Waals surface area contributed by atoms with Crippen molar-refractivity contribution in [2.45, 2.75) is 12.5 Å². The van der Waals surface area contributed by atoms with E-state index in [9.17, 15) is 9.18 Å². The van der Waals surface area contributed by atoms with Gasteiger partial charge in [0.2, 0.25) is 5.91 Å². The minimum atomic E-state index is -0.703. The molecule has 0 saturated heterocycles. The Balaban J connectivity index is 1.52. The van der Waals surface area contributed by atoms with Crippen LogP contribution < -0.4 is 11.1 Å². The normalized spacial score (nSPS) is 12.2. The first-order chi connectivity index (χ1) is 13.1. The number of fused-ring (bicyclic) bond motifs is 1. The summed E-state index contributed by atoms with van der Waals surface area (Å²) in [6, 6.07) is 10.8. The molecule has 7 nitrogen and oxygen atoms in total. The fourth-order valence-corrected chi connectivity index (χ4v) is 2.82. The maximum atomic E-state index is 13.4. The maximum absolute atomic E-state index is 13.4. The molecule has 0 aliphatic carbocycles. The molecule has 0 radical (unpaired) electrons. The molecule has 2 heterocycles. The number of aromatic nitrogens is 4. The minimum Gasteiger partial charge on any atom is -0.348 e. The summed E-state index contributed by atoms with van der Waals surface area (Å²) >= 11 is 0. The van der Waals surface area contributed by atoms with Crippen LogP contribution >= 0.6 is 0 Å². The summed E-state index contributed by atoms with van der Waals surface area (Å²) in [5.41, 5.74) is 9.44. The molecular formula is C19H17FN6O. The monoisotopic (exact) mass is 364 g/mol. The zero-order valence-corrected chi connectivity index (χ0v) is 14.2.